The van der Waals surface area contributed by atoms with Gasteiger partial charge in [-0.1, -0.05) is 6.07 Å². The molecule has 1 aromatic carbocycles. The smallest absolute Gasteiger partial charge is 0.408 e. The minimum atomic E-state index is -0.558. The first-order chi connectivity index (χ1) is 11.3. The summed E-state index contributed by atoms with van der Waals surface area (Å²) in [5.74, 6) is 0.214. The summed E-state index contributed by atoms with van der Waals surface area (Å²) in [6, 6.07) is 3.28. The molecule has 1 unspecified atom stereocenters. The van der Waals surface area contributed by atoms with Gasteiger partial charge in [-0.3, -0.25) is 0 Å². The average Bonchev–Trinajstić information content (AvgIpc) is 2.51. The van der Waals surface area contributed by atoms with E-state index in [1.54, 1.807) is 12.1 Å². The van der Waals surface area contributed by atoms with Gasteiger partial charge >= 0.3 is 12.1 Å². The van der Waals surface area contributed by atoms with E-state index in [9.17, 15) is 9.59 Å². The van der Waals surface area contributed by atoms with Gasteiger partial charge in [-0.05, 0) is 33.1 Å². The molecule has 6 nitrogen and oxygen atoms in total. The fraction of sp³-hybridized carbons (Fsp3) is 0.529. The van der Waals surface area contributed by atoms with Crippen LogP contribution in [0.4, 0.5) is 4.79 Å². The molecule has 7 heteroatoms. The zero-order chi connectivity index (χ0) is 17.9. The largest absolute Gasteiger partial charge is 0.492 e. The molecule has 0 fully saturated rings. The maximum Gasteiger partial charge on any atom is 0.408 e. The number of amides is 1. The molecule has 0 saturated heterocycles. The van der Waals surface area contributed by atoms with Crippen LogP contribution in [0.5, 0.6) is 5.75 Å². The highest BCUT2D eigenvalue weighted by atomic mass is 32.2. The highest BCUT2D eigenvalue weighted by Gasteiger charge is 2.29. The predicted molar refractivity (Wildman–Crippen MR) is 91.8 cm³/mol. The fourth-order valence-electron chi connectivity index (χ4n) is 2.51. The van der Waals surface area contributed by atoms with Gasteiger partial charge in [0.25, 0.3) is 0 Å². The lowest BCUT2D eigenvalue weighted by molar-refractivity contribution is 0.0488. The molecule has 2 rings (SSSR count). The van der Waals surface area contributed by atoms with Gasteiger partial charge in [-0.15, -0.1) is 11.8 Å². The van der Waals surface area contributed by atoms with E-state index in [0.29, 0.717) is 24.3 Å². The third-order valence-electron chi connectivity index (χ3n) is 3.47. The molecular weight excluding hydrogens is 330 g/mol. The monoisotopic (exact) mass is 353 g/mol. The Hall–Kier alpha value is -1.89. The van der Waals surface area contributed by atoms with Crippen molar-refractivity contribution >= 4 is 23.8 Å². The van der Waals surface area contributed by atoms with Crippen molar-refractivity contribution in [2.45, 2.75) is 43.7 Å². The van der Waals surface area contributed by atoms with Crippen LogP contribution in [-0.4, -0.2) is 37.6 Å². The Morgan fingerprint density at radius 3 is 2.62 bits per heavy atom. The second-order valence-corrected chi connectivity index (χ2v) is 7.21. The molecule has 1 amide bonds. The van der Waals surface area contributed by atoms with Gasteiger partial charge in [0.05, 0.1) is 30.2 Å². The van der Waals surface area contributed by atoms with Crippen LogP contribution in [0.15, 0.2) is 17.0 Å². The second kappa shape index (κ2) is 7.34. The lowest BCUT2D eigenvalue weighted by Gasteiger charge is -2.29. The van der Waals surface area contributed by atoms with Crippen LogP contribution in [0.2, 0.25) is 0 Å². The number of fused-ring (bicyclic) bond motifs is 1. The Balaban J connectivity index is 2.30. The molecule has 0 bridgehead atoms. The van der Waals surface area contributed by atoms with Gasteiger partial charge in [-0.2, -0.15) is 0 Å². The zero-order valence-electron chi connectivity index (χ0n) is 14.6. The number of benzene rings is 1. The van der Waals surface area contributed by atoms with E-state index in [2.05, 4.69) is 5.32 Å². The van der Waals surface area contributed by atoms with Crippen molar-refractivity contribution in [3.63, 3.8) is 0 Å². The number of thioether (sulfide) groups is 1. The Bertz CT molecular complexity index is 639. The summed E-state index contributed by atoms with van der Waals surface area (Å²) in [4.78, 5) is 24.7. The Morgan fingerprint density at radius 2 is 2.04 bits per heavy atom. The van der Waals surface area contributed by atoms with Gasteiger partial charge in [0.15, 0.2) is 0 Å². The molecule has 0 radical (unpaired) electrons. The summed E-state index contributed by atoms with van der Waals surface area (Å²) in [6.07, 6.45) is 2.04. The summed E-state index contributed by atoms with van der Waals surface area (Å²) in [7, 11) is 1.35. The van der Waals surface area contributed by atoms with Gasteiger partial charge in [0.1, 0.15) is 11.4 Å². The SMILES string of the molecule is COC(=O)c1ccc2c(c1SC)OCCC2NC(=O)OC(C)(C)C. The molecular formula is C17H23NO5S. The van der Waals surface area contributed by atoms with Crippen molar-refractivity contribution in [1.29, 1.82) is 0 Å². The Kier molecular flexibility index (Phi) is 5.64. The zero-order valence-corrected chi connectivity index (χ0v) is 15.4. The molecule has 0 spiro atoms. The van der Waals surface area contributed by atoms with Crippen LogP contribution in [-0.2, 0) is 9.47 Å². The average molecular weight is 353 g/mol. The first-order valence-corrected chi connectivity index (χ1v) is 8.91. The molecule has 1 heterocycles. The molecule has 132 valence electrons. The number of rotatable bonds is 3. The van der Waals surface area contributed by atoms with E-state index >= 15 is 0 Å². The summed E-state index contributed by atoms with van der Waals surface area (Å²) in [5.41, 5.74) is 0.739. The molecule has 1 aliphatic heterocycles. The second-order valence-electron chi connectivity index (χ2n) is 6.39. The van der Waals surface area contributed by atoms with Crippen LogP contribution in [0.1, 0.15) is 49.2 Å². The lowest BCUT2D eigenvalue weighted by atomic mass is 9.98. The van der Waals surface area contributed by atoms with E-state index in [1.807, 2.05) is 27.0 Å². The van der Waals surface area contributed by atoms with Crippen molar-refractivity contribution in [2.24, 2.45) is 0 Å². The molecule has 24 heavy (non-hydrogen) atoms. The van der Waals surface area contributed by atoms with Crippen LogP contribution >= 0.6 is 11.8 Å². The van der Waals surface area contributed by atoms with Crippen LogP contribution in [0, 0.1) is 0 Å². The first-order valence-electron chi connectivity index (χ1n) is 7.68. The quantitative estimate of drug-likeness (QED) is 0.662. The van der Waals surface area contributed by atoms with E-state index in [0.717, 1.165) is 10.5 Å². The van der Waals surface area contributed by atoms with E-state index in [1.165, 1.54) is 18.9 Å². The van der Waals surface area contributed by atoms with Crippen molar-refractivity contribution < 1.29 is 23.8 Å². The van der Waals surface area contributed by atoms with Crippen LogP contribution in [0.25, 0.3) is 0 Å². The van der Waals surface area contributed by atoms with Crippen molar-refractivity contribution in [3.05, 3.63) is 23.3 Å². The minimum Gasteiger partial charge on any atom is -0.492 e. The summed E-state index contributed by atoms with van der Waals surface area (Å²) >= 11 is 1.41. The van der Waals surface area contributed by atoms with Gasteiger partial charge in [0.2, 0.25) is 0 Å². The highest BCUT2D eigenvalue weighted by Crippen LogP contribution is 2.41. The Morgan fingerprint density at radius 1 is 1.33 bits per heavy atom. The lowest BCUT2D eigenvalue weighted by Crippen LogP contribution is -2.37. The number of carbonyl (C=O) groups excluding carboxylic acids is 2. The van der Waals surface area contributed by atoms with Gasteiger partial charge in [-0.25, -0.2) is 9.59 Å². The van der Waals surface area contributed by atoms with Gasteiger partial charge in [0, 0.05) is 12.0 Å². The van der Waals surface area contributed by atoms with Crippen LogP contribution in [0.3, 0.4) is 0 Å². The number of ether oxygens (including phenoxy) is 3. The maximum atomic E-state index is 12.1. The molecule has 0 aliphatic carbocycles. The number of esters is 1. The molecule has 0 saturated carbocycles. The number of carbonyl (C=O) groups is 2. The number of alkyl carbamates (subject to hydrolysis) is 1. The van der Waals surface area contributed by atoms with E-state index in [-0.39, 0.29) is 6.04 Å². The molecule has 1 N–H and O–H groups in total. The third-order valence-corrected chi connectivity index (χ3v) is 4.28. The normalized spacial score (nSPS) is 16.6. The number of methoxy groups -OCH3 is 1. The van der Waals surface area contributed by atoms with Crippen LogP contribution < -0.4 is 10.1 Å². The van der Waals surface area contributed by atoms with Gasteiger partial charge < -0.3 is 19.5 Å². The number of hydrogen-bond acceptors (Lipinski definition) is 6. The summed E-state index contributed by atoms with van der Waals surface area (Å²) < 4.78 is 15.9. The molecule has 0 aromatic heterocycles. The van der Waals surface area contributed by atoms with Crippen molar-refractivity contribution in [2.75, 3.05) is 20.0 Å². The Labute approximate surface area is 146 Å². The predicted octanol–water partition coefficient (Wildman–Crippen LogP) is 3.54. The van der Waals surface area contributed by atoms with Crippen molar-refractivity contribution in [3.8, 4) is 5.75 Å². The fourth-order valence-corrected chi connectivity index (χ4v) is 3.24. The molecule has 1 aromatic rings. The van der Waals surface area contributed by atoms with E-state index < -0.39 is 17.7 Å². The molecule has 1 aliphatic rings. The minimum absolute atomic E-state index is 0.221. The third kappa shape index (κ3) is 4.14. The summed E-state index contributed by atoms with van der Waals surface area (Å²) in [6.45, 7) is 5.91. The first kappa shape index (κ1) is 18.4. The highest BCUT2D eigenvalue weighted by molar-refractivity contribution is 7.98. The molecule has 1 atom stereocenters. The summed E-state index contributed by atoms with van der Waals surface area (Å²) in [5, 5.41) is 2.88. The topological polar surface area (TPSA) is 73.9 Å². The van der Waals surface area contributed by atoms with Crippen molar-refractivity contribution in [1.82, 2.24) is 5.32 Å². The van der Waals surface area contributed by atoms with E-state index in [4.69, 9.17) is 14.2 Å². The number of nitrogens with one attached hydrogen (secondary N) is 1. The number of hydrogen-bond donors (Lipinski definition) is 1. The maximum absolute atomic E-state index is 12.1. The standard InChI is InChI=1S/C17H23NO5S/c1-17(2,3)23-16(20)18-12-8-9-22-13-10(12)6-7-11(14(13)24-5)15(19)21-4/h6-7,12H,8-9H2,1-5H3,(H,18,20).